The minimum atomic E-state index is -0.323. The number of amides is 1. The number of carbonyl (C=O) groups is 1. The molecule has 178 valence electrons. The van der Waals surface area contributed by atoms with Crippen LogP contribution in [0.3, 0.4) is 0 Å². The lowest BCUT2D eigenvalue weighted by atomic mass is 9.96. The van der Waals surface area contributed by atoms with Crippen molar-refractivity contribution >= 4 is 45.8 Å². The zero-order valence-corrected chi connectivity index (χ0v) is 20.6. The van der Waals surface area contributed by atoms with E-state index in [1.54, 1.807) is 31.3 Å². The van der Waals surface area contributed by atoms with Gasteiger partial charge in [0.15, 0.2) is 0 Å². The maximum Gasteiger partial charge on any atom is 0.259 e. The SMILES string of the molecule is [C-]#[N+]NC(N)=NCC(CN(C)C(=O)c1c(OC)c(C#N)cc2ccccc12)c1ccc(Cl)c(Cl)c1. The summed E-state index contributed by atoms with van der Waals surface area (Å²) in [4.78, 5) is 22.5. The first kappa shape index (κ1) is 25.6. The minimum Gasteiger partial charge on any atom is -0.495 e. The summed E-state index contributed by atoms with van der Waals surface area (Å²) >= 11 is 12.3. The molecule has 3 aromatic carbocycles. The second kappa shape index (κ2) is 11.4. The van der Waals surface area contributed by atoms with E-state index >= 15 is 0 Å². The predicted octanol–water partition coefficient (Wildman–Crippen LogP) is 4.62. The number of guanidine groups is 1. The van der Waals surface area contributed by atoms with Crippen LogP contribution < -0.4 is 15.9 Å². The van der Waals surface area contributed by atoms with E-state index in [1.165, 1.54) is 12.0 Å². The highest BCUT2D eigenvalue weighted by molar-refractivity contribution is 6.42. The summed E-state index contributed by atoms with van der Waals surface area (Å²) in [6.45, 7) is 7.29. The number of nitrogens with two attached hydrogens (primary N) is 1. The van der Waals surface area contributed by atoms with E-state index in [2.05, 4.69) is 21.4 Å². The molecule has 0 saturated carbocycles. The van der Waals surface area contributed by atoms with Gasteiger partial charge in [-0.2, -0.15) is 16.8 Å². The quantitative estimate of drug-likeness (QED) is 0.209. The van der Waals surface area contributed by atoms with Crippen molar-refractivity contribution in [2.75, 3.05) is 27.2 Å². The molecule has 3 N–H and O–H groups in total. The molecule has 0 aliphatic rings. The van der Waals surface area contributed by atoms with Gasteiger partial charge in [-0.05, 0) is 34.5 Å². The van der Waals surface area contributed by atoms with Gasteiger partial charge in [0.05, 0.1) is 34.8 Å². The molecule has 1 atom stereocenters. The highest BCUT2D eigenvalue weighted by atomic mass is 35.5. The Morgan fingerprint density at radius 1 is 1.29 bits per heavy atom. The van der Waals surface area contributed by atoms with Crippen LogP contribution in [-0.2, 0) is 0 Å². The molecule has 3 aromatic rings. The van der Waals surface area contributed by atoms with Crippen LogP contribution >= 0.6 is 23.2 Å². The summed E-state index contributed by atoms with van der Waals surface area (Å²) in [5, 5.41) is 11.8. The highest BCUT2D eigenvalue weighted by Gasteiger charge is 2.25. The van der Waals surface area contributed by atoms with Crippen LogP contribution in [0.4, 0.5) is 0 Å². The first-order chi connectivity index (χ1) is 16.8. The molecule has 0 saturated heterocycles. The number of likely N-dealkylation sites (N-methyl/N-ethyl adjacent to an activating group) is 1. The number of carbonyl (C=O) groups excluding carboxylic acids is 1. The number of fused-ring (bicyclic) bond motifs is 1. The number of nitrogens with zero attached hydrogens (tertiary/aromatic N) is 4. The van der Waals surface area contributed by atoms with Gasteiger partial charge in [0.25, 0.3) is 11.9 Å². The zero-order valence-electron chi connectivity index (χ0n) is 19.0. The molecule has 0 radical (unpaired) electrons. The molecule has 0 bridgehead atoms. The lowest BCUT2D eigenvalue weighted by Gasteiger charge is -2.25. The van der Waals surface area contributed by atoms with E-state index in [0.29, 0.717) is 21.0 Å². The molecule has 0 spiro atoms. The molecule has 0 fully saturated rings. The van der Waals surface area contributed by atoms with Crippen LogP contribution in [-0.4, -0.2) is 44.0 Å². The first-order valence-electron chi connectivity index (χ1n) is 10.4. The molecule has 3 rings (SSSR count). The molecule has 1 amide bonds. The van der Waals surface area contributed by atoms with Gasteiger partial charge < -0.3 is 15.4 Å². The molecule has 0 aliphatic heterocycles. The van der Waals surface area contributed by atoms with Gasteiger partial charge in [0, 0.05) is 19.5 Å². The topological polar surface area (TPSA) is 108 Å². The lowest BCUT2D eigenvalue weighted by molar-refractivity contribution is 0.0786. The molecular formula is C25H22Cl2N6O2. The normalized spacial score (nSPS) is 11.9. The predicted molar refractivity (Wildman–Crippen MR) is 138 cm³/mol. The van der Waals surface area contributed by atoms with E-state index in [4.69, 9.17) is 40.2 Å². The Labute approximate surface area is 213 Å². The first-order valence-corrected chi connectivity index (χ1v) is 11.2. The van der Waals surface area contributed by atoms with Gasteiger partial charge in [0.1, 0.15) is 11.8 Å². The van der Waals surface area contributed by atoms with Gasteiger partial charge in [-0.25, -0.2) is 4.99 Å². The van der Waals surface area contributed by atoms with Gasteiger partial charge >= 0.3 is 0 Å². The van der Waals surface area contributed by atoms with Crippen molar-refractivity contribution in [3.05, 3.63) is 86.8 Å². The van der Waals surface area contributed by atoms with Crippen molar-refractivity contribution in [1.82, 2.24) is 10.3 Å². The van der Waals surface area contributed by atoms with Crippen LogP contribution in [0.2, 0.25) is 10.0 Å². The van der Waals surface area contributed by atoms with E-state index < -0.39 is 0 Å². The Kier molecular flexibility index (Phi) is 8.38. The van der Waals surface area contributed by atoms with Crippen molar-refractivity contribution in [3.63, 3.8) is 0 Å². The number of nitriles is 1. The van der Waals surface area contributed by atoms with Crippen molar-refractivity contribution in [2.45, 2.75) is 5.92 Å². The number of halogens is 2. The van der Waals surface area contributed by atoms with Crippen molar-refractivity contribution < 1.29 is 9.53 Å². The summed E-state index contributed by atoms with van der Waals surface area (Å²) in [5.41, 5.74) is 9.36. The molecular weight excluding hydrogens is 487 g/mol. The summed E-state index contributed by atoms with van der Waals surface area (Å²) < 4.78 is 5.49. The number of hydrogen-bond donors (Lipinski definition) is 2. The second-order valence-corrected chi connectivity index (χ2v) is 8.49. The van der Waals surface area contributed by atoms with Crippen LogP contribution in [0.1, 0.15) is 27.4 Å². The summed E-state index contributed by atoms with van der Waals surface area (Å²) in [6, 6.07) is 16.3. The number of hydrogen-bond acceptors (Lipinski definition) is 4. The third-order valence-corrected chi connectivity index (χ3v) is 6.19. The maximum atomic E-state index is 13.7. The van der Waals surface area contributed by atoms with Gasteiger partial charge in [-0.3, -0.25) is 4.79 Å². The average Bonchev–Trinajstić information content (AvgIpc) is 2.86. The van der Waals surface area contributed by atoms with Gasteiger partial charge in [-0.1, -0.05) is 59.0 Å². The minimum absolute atomic E-state index is 0.0339. The number of rotatable bonds is 7. The Morgan fingerprint density at radius 3 is 2.69 bits per heavy atom. The summed E-state index contributed by atoms with van der Waals surface area (Å²) in [7, 11) is 3.09. The Hall–Kier alpha value is -3.98. The number of benzene rings is 3. The van der Waals surface area contributed by atoms with Crippen molar-refractivity contribution in [1.29, 1.82) is 5.26 Å². The molecule has 0 aromatic heterocycles. The van der Waals surface area contributed by atoms with Gasteiger partial charge in [0.2, 0.25) is 0 Å². The molecule has 35 heavy (non-hydrogen) atoms. The molecule has 10 heteroatoms. The van der Waals surface area contributed by atoms with Crippen LogP contribution in [0.5, 0.6) is 5.75 Å². The number of nitrogens with one attached hydrogen (secondary N) is 1. The Morgan fingerprint density at radius 2 is 2.03 bits per heavy atom. The third-order valence-electron chi connectivity index (χ3n) is 5.45. The number of aliphatic imine (C=N–C) groups is 1. The second-order valence-electron chi connectivity index (χ2n) is 7.67. The Bertz CT molecular complexity index is 1380. The highest BCUT2D eigenvalue weighted by Crippen LogP contribution is 2.34. The fourth-order valence-electron chi connectivity index (χ4n) is 3.78. The maximum absolute atomic E-state index is 13.7. The summed E-state index contributed by atoms with van der Waals surface area (Å²) in [5.74, 6) is -0.455. The third kappa shape index (κ3) is 5.75. The summed E-state index contributed by atoms with van der Waals surface area (Å²) in [6.07, 6.45) is 0. The van der Waals surface area contributed by atoms with E-state index in [-0.39, 0.29) is 42.2 Å². The van der Waals surface area contributed by atoms with Crippen LogP contribution in [0.15, 0.2) is 53.5 Å². The fourth-order valence-corrected chi connectivity index (χ4v) is 4.08. The average molecular weight is 509 g/mol. The Balaban J connectivity index is 2.02. The molecule has 0 aliphatic carbocycles. The molecule has 8 nitrogen and oxygen atoms in total. The van der Waals surface area contributed by atoms with E-state index in [0.717, 1.165) is 10.9 Å². The van der Waals surface area contributed by atoms with Crippen LogP contribution in [0, 0.1) is 17.9 Å². The standard InChI is InChI=1S/C25H22Cl2N6O2/c1-30-32-25(29)31-13-18(15-8-9-20(26)21(27)11-15)14-33(2)24(34)22-19-7-5-4-6-16(19)10-17(12-28)23(22)35-3/h4-11,18H,13-14H2,2-3H3,(H3,29,31,32). The van der Waals surface area contributed by atoms with E-state index in [1.807, 2.05) is 24.3 Å². The van der Waals surface area contributed by atoms with Crippen molar-refractivity contribution in [2.24, 2.45) is 10.7 Å². The number of ether oxygens (including phenoxy) is 1. The monoisotopic (exact) mass is 508 g/mol. The van der Waals surface area contributed by atoms with Gasteiger partial charge in [-0.15, -0.1) is 0 Å². The smallest absolute Gasteiger partial charge is 0.259 e. The lowest BCUT2D eigenvalue weighted by Crippen LogP contribution is -2.33. The molecule has 0 heterocycles. The molecule has 1 unspecified atom stereocenters. The van der Waals surface area contributed by atoms with Crippen LogP contribution in [0.25, 0.3) is 15.7 Å². The fraction of sp³-hybridized carbons (Fsp3) is 0.200. The zero-order chi connectivity index (χ0) is 25.5. The largest absolute Gasteiger partial charge is 0.495 e. The van der Waals surface area contributed by atoms with E-state index in [9.17, 15) is 10.1 Å². The number of methoxy groups -OCH3 is 1. The van der Waals surface area contributed by atoms with Crippen molar-refractivity contribution in [3.8, 4) is 11.8 Å².